The molecular weight excluding hydrogens is 340 g/mol. The molecule has 1 unspecified atom stereocenters. The van der Waals surface area contributed by atoms with Crippen LogP contribution in [0.15, 0.2) is 11.6 Å². The Kier molecular flexibility index (Phi) is 6.05. The van der Waals surface area contributed by atoms with E-state index in [4.69, 9.17) is 0 Å². The number of hydrogen-bond acceptors (Lipinski definition) is 1. The lowest BCUT2D eigenvalue weighted by atomic mass is 9.47. The minimum absolute atomic E-state index is 0.418. The standard InChI is InChI=1S/C27H46O/c1-19(2)8-7-9-20(18-28)23-13-14-24-22-12-11-21-10-5-6-16-26(21,3)25(22)15-17-27(23,24)4/h11,19-20,22-25,28H,5-10,12-18H2,1-4H3/t20?,22-,23+,24-,25-,26-,27+/m0/s1. The third-order valence-electron chi connectivity index (χ3n) is 10.3. The summed E-state index contributed by atoms with van der Waals surface area (Å²) in [5.74, 6) is 4.88. The van der Waals surface area contributed by atoms with Crippen molar-refractivity contribution in [3.8, 4) is 0 Å². The molecule has 28 heavy (non-hydrogen) atoms. The lowest BCUT2D eigenvalue weighted by Crippen LogP contribution is -2.50. The molecule has 3 fully saturated rings. The minimum atomic E-state index is 0.418. The van der Waals surface area contributed by atoms with Crippen LogP contribution in [0, 0.1) is 46.3 Å². The minimum Gasteiger partial charge on any atom is -0.396 e. The van der Waals surface area contributed by atoms with Gasteiger partial charge in [-0.05, 0) is 104 Å². The number of hydrogen-bond donors (Lipinski definition) is 1. The number of aliphatic hydroxyl groups excluding tert-OH is 1. The Balaban J connectivity index is 1.51. The van der Waals surface area contributed by atoms with Crippen molar-refractivity contribution in [1.29, 1.82) is 0 Å². The molecule has 4 aliphatic carbocycles. The first kappa shape index (κ1) is 21.0. The largest absolute Gasteiger partial charge is 0.396 e. The maximum atomic E-state index is 10.3. The Morgan fingerprint density at radius 1 is 1.04 bits per heavy atom. The maximum absolute atomic E-state index is 10.3. The first-order chi connectivity index (χ1) is 13.4. The zero-order valence-electron chi connectivity index (χ0n) is 19.2. The molecule has 3 saturated carbocycles. The van der Waals surface area contributed by atoms with E-state index in [1.807, 2.05) is 5.57 Å². The highest BCUT2D eigenvalue weighted by molar-refractivity contribution is 5.24. The highest BCUT2D eigenvalue weighted by Gasteiger charge is 2.58. The Hall–Kier alpha value is -0.300. The van der Waals surface area contributed by atoms with Gasteiger partial charge in [-0.3, -0.25) is 0 Å². The van der Waals surface area contributed by atoms with Crippen LogP contribution >= 0.6 is 0 Å². The van der Waals surface area contributed by atoms with Crippen LogP contribution in [0.4, 0.5) is 0 Å². The van der Waals surface area contributed by atoms with Crippen molar-refractivity contribution in [3.63, 3.8) is 0 Å². The van der Waals surface area contributed by atoms with E-state index in [-0.39, 0.29) is 0 Å². The molecule has 0 aromatic carbocycles. The molecule has 7 atom stereocenters. The van der Waals surface area contributed by atoms with E-state index < -0.39 is 0 Å². The molecule has 1 nitrogen and oxygen atoms in total. The van der Waals surface area contributed by atoms with Gasteiger partial charge in [0.1, 0.15) is 0 Å². The highest BCUT2D eigenvalue weighted by Crippen LogP contribution is 2.67. The van der Waals surface area contributed by atoms with Gasteiger partial charge in [0.15, 0.2) is 0 Å². The van der Waals surface area contributed by atoms with Crippen molar-refractivity contribution in [2.45, 2.75) is 105 Å². The van der Waals surface area contributed by atoms with Crippen LogP contribution in [0.25, 0.3) is 0 Å². The molecule has 0 bridgehead atoms. The van der Waals surface area contributed by atoms with Gasteiger partial charge in [0.05, 0.1) is 0 Å². The fourth-order valence-corrected chi connectivity index (χ4v) is 8.72. The van der Waals surface area contributed by atoms with Crippen LogP contribution in [0.2, 0.25) is 0 Å². The second-order valence-corrected chi connectivity index (χ2v) is 12.0. The van der Waals surface area contributed by atoms with E-state index in [2.05, 4.69) is 33.8 Å². The summed E-state index contributed by atoms with van der Waals surface area (Å²) >= 11 is 0. The molecule has 160 valence electrons. The topological polar surface area (TPSA) is 20.2 Å². The number of fused-ring (bicyclic) bond motifs is 5. The summed E-state index contributed by atoms with van der Waals surface area (Å²) in [6.07, 6.45) is 19.3. The first-order valence-corrected chi connectivity index (χ1v) is 12.7. The summed E-state index contributed by atoms with van der Waals surface area (Å²) in [5, 5.41) is 10.3. The van der Waals surface area contributed by atoms with Gasteiger partial charge >= 0.3 is 0 Å². The van der Waals surface area contributed by atoms with Crippen LogP contribution in [-0.2, 0) is 0 Å². The van der Waals surface area contributed by atoms with E-state index in [1.165, 1.54) is 77.0 Å². The molecule has 4 aliphatic rings. The van der Waals surface area contributed by atoms with Crippen molar-refractivity contribution in [1.82, 2.24) is 0 Å². The van der Waals surface area contributed by atoms with Crippen LogP contribution in [0.5, 0.6) is 0 Å². The van der Waals surface area contributed by atoms with Crippen LogP contribution in [-0.4, -0.2) is 11.7 Å². The summed E-state index contributed by atoms with van der Waals surface area (Å²) in [7, 11) is 0. The van der Waals surface area contributed by atoms with Gasteiger partial charge in [0.25, 0.3) is 0 Å². The predicted molar refractivity (Wildman–Crippen MR) is 119 cm³/mol. The molecule has 1 heteroatoms. The smallest absolute Gasteiger partial charge is 0.0462 e. The quantitative estimate of drug-likeness (QED) is 0.472. The number of allylic oxidation sites excluding steroid dienone is 2. The summed E-state index contributed by atoms with van der Waals surface area (Å²) in [5.41, 5.74) is 2.84. The van der Waals surface area contributed by atoms with Gasteiger partial charge in [0.2, 0.25) is 0 Å². The van der Waals surface area contributed by atoms with E-state index in [9.17, 15) is 5.11 Å². The van der Waals surface area contributed by atoms with Crippen molar-refractivity contribution >= 4 is 0 Å². The molecule has 0 radical (unpaired) electrons. The third-order valence-corrected chi connectivity index (χ3v) is 10.3. The van der Waals surface area contributed by atoms with Crippen molar-refractivity contribution < 1.29 is 5.11 Å². The predicted octanol–water partition coefficient (Wildman–Crippen LogP) is 7.39. The third kappa shape index (κ3) is 3.42. The Morgan fingerprint density at radius 3 is 2.61 bits per heavy atom. The lowest BCUT2D eigenvalue weighted by molar-refractivity contribution is -0.0560. The Bertz CT molecular complexity index is 577. The molecular formula is C27H46O. The Labute approximate surface area is 174 Å². The molecule has 0 aromatic rings. The van der Waals surface area contributed by atoms with E-state index >= 15 is 0 Å². The van der Waals surface area contributed by atoms with Crippen LogP contribution in [0.3, 0.4) is 0 Å². The SMILES string of the molecule is CC(C)CCCC(CO)[C@H]1CC[C@H]2[C@@H]3CC=C4CCCC[C@]4(C)[C@H]3CC[C@]12C. The first-order valence-electron chi connectivity index (χ1n) is 12.7. The van der Waals surface area contributed by atoms with Crippen molar-refractivity contribution in [2.75, 3.05) is 6.61 Å². The summed E-state index contributed by atoms with van der Waals surface area (Å²) in [6, 6.07) is 0. The second-order valence-electron chi connectivity index (χ2n) is 12.0. The average Bonchev–Trinajstić information content (AvgIpc) is 3.02. The van der Waals surface area contributed by atoms with Gasteiger partial charge in [-0.2, -0.15) is 0 Å². The maximum Gasteiger partial charge on any atom is 0.0462 e. The second kappa shape index (κ2) is 8.09. The van der Waals surface area contributed by atoms with E-state index in [0.29, 0.717) is 23.4 Å². The van der Waals surface area contributed by atoms with Crippen LogP contribution in [0.1, 0.15) is 105 Å². The Morgan fingerprint density at radius 2 is 1.86 bits per heavy atom. The molecule has 0 amide bonds. The molecule has 0 saturated heterocycles. The van der Waals surface area contributed by atoms with E-state index in [1.54, 1.807) is 0 Å². The zero-order chi connectivity index (χ0) is 19.9. The zero-order valence-corrected chi connectivity index (χ0v) is 19.2. The number of rotatable bonds is 6. The summed E-state index contributed by atoms with van der Waals surface area (Å²) in [6.45, 7) is 10.4. The van der Waals surface area contributed by atoms with Gasteiger partial charge in [-0.1, -0.05) is 58.6 Å². The number of aliphatic hydroxyl groups is 1. The monoisotopic (exact) mass is 386 g/mol. The van der Waals surface area contributed by atoms with Gasteiger partial charge < -0.3 is 5.11 Å². The molecule has 0 aromatic heterocycles. The summed E-state index contributed by atoms with van der Waals surface area (Å²) in [4.78, 5) is 0. The van der Waals surface area contributed by atoms with E-state index in [0.717, 1.165) is 29.6 Å². The lowest BCUT2D eigenvalue weighted by Gasteiger charge is -2.58. The highest BCUT2D eigenvalue weighted by atomic mass is 16.3. The molecule has 0 spiro atoms. The van der Waals surface area contributed by atoms with Gasteiger partial charge in [0, 0.05) is 6.61 Å². The van der Waals surface area contributed by atoms with Crippen molar-refractivity contribution in [3.05, 3.63) is 11.6 Å². The van der Waals surface area contributed by atoms with Crippen LogP contribution < -0.4 is 0 Å². The normalized spacial score (nSPS) is 43.9. The fourth-order valence-electron chi connectivity index (χ4n) is 8.72. The van der Waals surface area contributed by atoms with Gasteiger partial charge in [-0.25, -0.2) is 0 Å². The molecule has 0 aliphatic heterocycles. The molecule has 4 rings (SSSR count). The molecule has 0 heterocycles. The van der Waals surface area contributed by atoms with Gasteiger partial charge in [-0.15, -0.1) is 0 Å². The van der Waals surface area contributed by atoms with Crippen molar-refractivity contribution in [2.24, 2.45) is 46.3 Å². The fraction of sp³-hybridized carbons (Fsp3) is 0.926. The molecule has 1 N–H and O–H groups in total. The summed E-state index contributed by atoms with van der Waals surface area (Å²) < 4.78 is 0. The average molecular weight is 387 g/mol.